The minimum atomic E-state index is -3.68. The van der Waals surface area contributed by atoms with Gasteiger partial charge in [-0.1, -0.05) is 60.1 Å². The zero-order chi connectivity index (χ0) is 38.1. The molecule has 9 nitrogen and oxygen atoms in total. The summed E-state index contributed by atoms with van der Waals surface area (Å²) in [6.45, 7) is 11.1. The third-order valence-electron chi connectivity index (χ3n) is 9.33. The predicted molar refractivity (Wildman–Crippen MR) is 219 cm³/mol. The van der Waals surface area contributed by atoms with Crippen LogP contribution < -0.4 is 14.4 Å². The van der Waals surface area contributed by atoms with Crippen molar-refractivity contribution in [2.24, 2.45) is 0 Å². The fourth-order valence-electron chi connectivity index (χ4n) is 6.64. The second kappa shape index (κ2) is 18.1. The highest BCUT2D eigenvalue weighted by molar-refractivity contribution is 7.89. The van der Waals surface area contributed by atoms with Gasteiger partial charge in [0.05, 0.1) is 9.60 Å². The minimum absolute atomic E-state index is 0.169. The highest BCUT2D eigenvalue weighted by atomic mass is 35.5. The predicted octanol–water partition coefficient (Wildman–Crippen LogP) is 7.73. The van der Waals surface area contributed by atoms with Crippen LogP contribution in [0.4, 0.5) is 5.82 Å². The molecule has 0 spiro atoms. The monoisotopic (exact) mass is 788 g/mol. The van der Waals surface area contributed by atoms with E-state index in [4.69, 9.17) is 25.4 Å². The fourth-order valence-corrected chi connectivity index (χ4v) is 8.59. The molecule has 1 aliphatic rings. The molecule has 4 aromatic carbocycles. The number of para-hydroxylation sites is 1. The number of rotatable bonds is 16. The number of esters is 1. The average Bonchev–Trinajstić information content (AvgIpc) is 3.58. The molecule has 0 atom stereocenters. The Bertz CT molecular complexity index is 2120. The van der Waals surface area contributed by atoms with Crippen LogP contribution in [0.1, 0.15) is 49.4 Å². The maximum absolute atomic E-state index is 12.9. The molecule has 1 aliphatic heterocycles. The number of carbonyl (C=O) groups excluding carboxylic acids is 1. The van der Waals surface area contributed by atoms with Crippen molar-refractivity contribution in [2.75, 3.05) is 50.8 Å². The number of nitrogens with zero attached hydrogens (tertiary/aromatic N) is 3. The number of piperazine rings is 1. The van der Waals surface area contributed by atoms with Crippen molar-refractivity contribution in [3.63, 3.8) is 0 Å². The van der Waals surface area contributed by atoms with Crippen molar-refractivity contribution in [2.45, 2.75) is 63.4 Å². The van der Waals surface area contributed by atoms with Crippen LogP contribution in [-0.4, -0.2) is 75.1 Å². The molecule has 0 radical (unpaired) electrons. The number of sulfonamides is 1. The number of carbonyl (C=O) groups is 1. The zero-order valence-electron chi connectivity index (χ0n) is 31.2. The molecular weight excluding hydrogens is 740 g/mol. The molecule has 5 aromatic rings. The van der Waals surface area contributed by atoms with Gasteiger partial charge in [0.1, 0.15) is 23.8 Å². The van der Waals surface area contributed by atoms with Gasteiger partial charge in [-0.05, 0) is 123 Å². The van der Waals surface area contributed by atoms with E-state index in [9.17, 15) is 13.2 Å². The Balaban J connectivity index is 1.05. The Hall–Kier alpha value is -4.00. The molecule has 1 saturated heterocycles. The third-order valence-corrected chi connectivity index (χ3v) is 11.9. The van der Waals surface area contributed by atoms with Crippen molar-refractivity contribution in [3.8, 4) is 5.75 Å². The molecule has 0 amide bonds. The van der Waals surface area contributed by atoms with E-state index in [1.54, 1.807) is 23.7 Å². The summed E-state index contributed by atoms with van der Waals surface area (Å²) in [5, 5.41) is 1.71. The SMILES string of the molecule is CC(C)(C)OC(=O)CCc1cc(CCNS(=O)(=O)c2ccc(Cl)cc2)cc(CCc2ccccc2OCCN2CCN(c3nsc4ccccc34)CC2)c1. The molecule has 2 heterocycles. The van der Waals surface area contributed by atoms with E-state index in [1.807, 2.05) is 39.0 Å². The summed E-state index contributed by atoms with van der Waals surface area (Å²) in [6, 6.07) is 29.1. The molecule has 12 heteroatoms. The molecule has 286 valence electrons. The molecule has 1 fully saturated rings. The van der Waals surface area contributed by atoms with Gasteiger partial charge in [-0.2, -0.15) is 4.37 Å². The third kappa shape index (κ3) is 11.3. The lowest BCUT2D eigenvalue weighted by Crippen LogP contribution is -2.47. The first kappa shape index (κ1) is 39.7. The van der Waals surface area contributed by atoms with Gasteiger partial charge in [0.25, 0.3) is 0 Å². The van der Waals surface area contributed by atoms with Crippen molar-refractivity contribution in [3.05, 3.63) is 118 Å². The maximum atomic E-state index is 12.9. The highest BCUT2D eigenvalue weighted by Gasteiger charge is 2.21. The van der Waals surface area contributed by atoms with E-state index < -0.39 is 15.6 Å². The van der Waals surface area contributed by atoms with Crippen LogP contribution in [0.5, 0.6) is 5.75 Å². The number of nitrogens with one attached hydrogen (secondary N) is 1. The normalized spacial score (nSPS) is 14.0. The number of halogens is 1. The Morgan fingerprint density at radius 1 is 0.852 bits per heavy atom. The summed E-state index contributed by atoms with van der Waals surface area (Å²) in [5.41, 5.74) is 3.72. The standard InChI is InChI=1S/C42H49ClN4O5S2/c1-42(2,3)52-40(48)19-13-32-28-31(29-33(30-32)20-21-44-54(49,50)36-17-15-35(43)16-18-36)12-14-34-8-4-6-10-38(34)51-27-26-46-22-24-47(25-23-46)41-37-9-5-7-11-39(37)53-45-41/h4-11,15-18,28-30,44H,12-14,19-27H2,1-3H3. The van der Waals surface area contributed by atoms with Crippen LogP contribution in [0.3, 0.4) is 0 Å². The molecule has 6 rings (SSSR count). The van der Waals surface area contributed by atoms with Gasteiger partial charge in [-0.25, -0.2) is 13.1 Å². The summed E-state index contributed by atoms with van der Waals surface area (Å²) < 4.78 is 46.4. The van der Waals surface area contributed by atoms with E-state index in [0.717, 1.165) is 79.4 Å². The van der Waals surface area contributed by atoms with E-state index in [-0.39, 0.29) is 23.8 Å². The Morgan fingerprint density at radius 3 is 2.26 bits per heavy atom. The van der Waals surface area contributed by atoms with Crippen molar-refractivity contribution in [1.82, 2.24) is 14.0 Å². The molecule has 0 bridgehead atoms. The lowest BCUT2D eigenvalue weighted by molar-refractivity contribution is -0.154. The second-order valence-electron chi connectivity index (χ2n) is 14.6. The van der Waals surface area contributed by atoms with Gasteiger partial charge in [-0.15, -0.1) is 0 Å². The van der Waals surface area contributed by atoms with Crippen LogP contribution >= 0.6 is 23.1 Å². The molecule has 0 saturated carbocycles. The first-order valence-corrected chi connectivity index (χ1v) is 21.2. The van der Waals surface area contributed by atoms with Crippen LogP contribution in [0.25, 0.3) is 10.1 Å². The largest absolute Gasteiger partial charge is 0.492 e. The number of hydrogen-bond acceptors (Lipinski definition) is 9. The highest BCUT2D eigenvalue weighted by Crippen LogP contribution is 2.30. The van der Waals surface area contributed by atoms with Gasteiger partial charge >= 0.3 is 5.97 Å². The van der Waals surface area contributed by atoms with Crippen LogP contribution in [0, 0.1) is 0 Å². The summed E-state index contributed by atoms with van der Waals surface area (Å²) >= 11 is 7.52. The van der Waals surface area contributed by atoms with Crippen molar-refractivity contribution in [1.29, 1.82) is 0 Å². The van der Waals surface area contributed by atoms with E-state index in [0.29, 0.717) is 24.5 Å². The number of anilines is 1. The Morgan fingerprint density at radius 2 is 1.52 bits per heavy atom. The second-order valence-corrected chi connectivity index (χ2v) is 17.6. The van der Waals surface area contributed by atoms with E-state index in [1.165, 1.54) is 22.2 Å². The summed E-state index contributed by atoms with van der Waals surface area (Å²) in [5.74, 6) is 1.74. The first-order valence-electron chi connectivity index (χ1n) is 18.5. The fraction of sp³-hybridized carbons (Fsp3) is 0.381. The van der Waals surface area contributed by atoms with Gasteiger partial charge in [-0.3, -0.25) is 9.69 Å². The zero-order valence-corrected chi connectivity index (χ0v) is 33.6. The van der Waals surface area contributed by atoms with Crippen LogP contribution in [0.15, 0.2) is 95.9 Å². The smallest absolute Gasteiger partial charge is 0.306 e. The number of fused-ring (bicyclic) bond motifs is 1. The number of ether oxygens (including phenoxy) is 2. The van der Waals surface area contributed by atoms with E-state index in [2.05, 4.69) is 63.1 Å². The maximum Gasteiger partial charge on any atom is 0.306 e. The number of benzene rings is 4. The average molecular weight is 789 g/mol. The Kier molecular flexibility index (Phi) is 13.3. The lowest BCUT2D eigenvalue weighted by Gasteiger charge is -2.35. The number of hydrogen-bond donors (Lipinski definition) is 1. The van der Waals surface area contributed by atoms with Gasteiger partial charge in [0, 0.05) is 56.1 Å². The van der Waals surface area contributed by atoms with Crippen molar-refractivity contribution < 1.29 is 22.7 Å². The molecule has 1 N–H and O–H groups in total. The number of aromatic nitrogens is 1. The quantitative estimate of drug-likeness (QED) is 0.102. The Labute approximate surface area is 328 Å². The molecule has 0 unspecified atom stereocenters. The summed E-state index contributed by atoms with van der Waals surface area (Å²) in [6.07, 6.45) is 2.82. The van der Waals surface area contributed by atoms with Crippen LogP contribution in [0.2, 0.25) is 5.02 Å². The summed E-state index contributed by atoms with van der Waals surface area (Å²) in [4.78, 5) is 17.6. The van der Waals surface area contributed by atoms with Crippen molar-refractivity contribution >= 4 is 55.0 Å². The molecule has 1 aromatic heterocycles. The van der Waals surface area contributed by atoms with Crippen LogP contribution in [-0.2, 0) is 45.2 Å². The van der Waals surface area contributed by atoms with E-state index >= 15 is 0 Å². The molecule has 54 heavy (non-hydrogen) atoms. The van der Waals surface area contributed by atoms with Gasteiger partial charge in [0.15, 0.2) is 0 Å². The molecule has 0 aliphatic carbocycles. The first-order chi connectivity index (χ1) is 25.9. The van der Waals surface area contributed by atoms with Gasteiger partial charge < -0.3 is 14.4 Å². The topological polar surface area (TPSA) is 101 Å². The van der Waals surface area contributed by atoms with Gasteiger partial charge in [0.2, 0.25) is 10.0 Å². The summed E-state index contributed by atoms with van der Waals surface area (Å²) in [7, 11) is -3.68. The molecular formula is C42H49ClN4O5S2. The minimum Gasteiger partial charge on any atom is -0.492 e. The lowest BCUT2D eigenvalue weighted by atomic mass is 9.96. The number of aryl methyl sites for hydroxylation is 3.